The van der Waals surface area contributed by atoms with Crippen LogP contribution in [0, 0.1) is 0 Å². The number of carbonyl (C=O) groups is 1. The minimum Gasteiger partial charge on any atom is -0.361 e. The molecule has 0 radical (unpaired) electrons. The smallest absolute Gasteiger partial charge is 0.241 e. The molecule has 0 spiro atoms. The Morgan fingerprint density at radius 2 is 2.00 bits per heavy atom. The fraction of sp³-hybridized carbons (Fsp3) is 0.471. The lowest BCUT2D eigenvalue weighted by molar-refractivity contribution is -0.131. The van der Waals surface area contributed by atoms with Crippen LogP contribution in [0.25, 0.3) is 10.9 Å². The first-order valence-corrected chi connectivity index (χ1v) is 9.99. The molecular formula is C17H23N3O3S. The molecule has 1 aromatic heterocycles. The van der Waals surface area contributed by atoms with Gasteiger partial charge < -0.3 is 9.88 Å². The highest BCUT2D eigenvalue weighted by Gasteiger charge is 2.30. The van der Waals surface area contributed by atoms with Gasteiger partial charge in [0.2, 0.25) is 15.9 Å². The van der Waals surface area contributed by atoms with Gasteiger partial charge in [-0.2, -0.15) is 0 Å². The number of aromatic nitrogens is 1. The Hall–Kier alpha value is -1.86. The van der Waals surface area contributed by atoms with Crippen molar-refractivity contribution in [3.05, 3.63) is 36.0 Å². The SMILES string of the molecule is CCS(=O)(=O)N[C@@H](Cc1c[nH]c2ccccc12)C(=O)N1CCCC1. The number of para-hydroxylation sites is 1. The van der Waals surface area contributed by atoms with Crippen LogP contribution in [-0.4, -0.2) is 49.1 Å². The van der Waals surface area contributed by atoms with Crippen LogP contribution in [0.1, 0.15) is 25.3 Å². The second kappa shape index (κ2) is 6.94. The lowest BCUT2D eigenvalue weighted by Crippen LogP contribution is -2.49. The van der Waals surface area contributed by atoms with Gasteiger partial charge in [-0.05, 0) is 37.8 Å². The second-order valence-corrected chi connectivity index (χ2v) is 8.21. The number of fused-ring (bicyclic) bond motifs is 1. The van der Waals surface area contributed by atoms with Crippen molar-refractivity contribution in [3.63, 3.8) is 0 Å². The summed E-state index contributed by atoms with van der Waals surface area (Å²) in [5.41, 5.74) is 1.93. The first-order chi connectivity index (χ1) is 11.5. The third kappa shape index (κ3) is 3.62. The van der Waals surface area contributed by atoms with E-state index >= 15 is 0 Å². The number of nitrogens with zero attached hydrogens (tertiary/aromatic N) is 1. The molecule has 0 unspecified atom stereocenters. The summed E-state index contributed by atoms with van der Waals surface area (Å²) in [5, 5.41) is 1.02. The summed E-state index contributed by atoms with van der Waals surface area (Å²) in [4.78, 5) is 17.7. The van der Waals surface area contributed by atoms with Crippen molar-refractivity contribution in [2.45, 2.75) is 32.2 Å². The van der Waals surface area contributed by atoms with Crippen LogP contribution in [0.15, 0.2) is 30.5 Å². The highest BCUT2D eigenvalue weighted by Crippen LogP contribution is 2.20. The molecule has 0 bridgehead atoms. The van der Waals surface area contributed by atoms with Gasteiger partial charge in [-0.3, -0.25) is 4.79 Å². The van der Waals surface area contributed by atoms with Crippen molar-refractivity contribution in [2.24, 2.45) is 0 Å². The van der Waals surface area contributed by atoms with Gasteiger partial charge in [-0.15, -0.1) is 0 Å². The van der Waals surface area contributed by atoms with Crippen LogP contribution in [0.2, 0.25) is 0 Å². The fourth-order valence-corrected chi connectivity index (χ4v) is 3.94. The van der Waals surface area contributed by atoms with E-state index in [1.54, 1.807) is 11.8 Å². The molecular weight excluding hydrogens is 326 g/mol. The van der Waals surface area contributed by atoms with Crippen molar-refractivity contribution in [1.82, 2.24) is 14.6 Å². The zero-order valence-electron chi connectivity index (χ0n) is 13.8. The molecule has 6 nitrogen and oxygen atoms in total. The summed E-state index contributed by atoms with van der Waals surface area (Å²) in [6.45, 7) is 2.99. The average molecular weight is 349 g/mol. The van der Waals surface area contributed by atoms with Crippen molar-refractivity contribution in [3.8, 4) is 0 Å². The van der Waals surface area contributed by atoms with Gasteiger partial charge in [0.1, 0.15) is 6.04 Å². The van der Waals surface area contributed by atoms with Gasteiger partial charge >= 0.3 is 0 Å². The molecule has 0 saturated carbocycles. The minimum atomic E-state index is -3.46. The number of likely N-dealkylation sites (tertiary alicyclic amines) is 1. The van der Waals surface area contributed by atoms with Crippen LogP contribution in [0.4, 0.5) is 0 Å². The molecule has 2 aromatic rings. The maximum Gasteiger partial charge on any atom is 0.241 e. The average Bonchev–Trinajstić information content (AvgIpc) is 3.24. The van der Waals surface area contributed by atoms with Crippen molar-refractivity contribution >= 4 is 26.8 Å². The van der Waals surface area contributed by atoms with E-state index in [0.29, 0.717) is 19.5 Å². The van der Waals surface area contributed by atoms with E-state index in [1.165, 1.54) is 0 Å². The summed E-state index contributed by atoms with van der Waals surface area (Å²) >= 11 is 0. The third-order valence-electron chi connectivity index (χ3n) is 4.52. The first kappa shape index (κ1) is 17.0. The van der Waals surface area contributed by atoms with Crippen LogP contribution in [0.5, 0.6) is 0 Å². The number of benzene rings is 1. The summed E-state index contributed by atoms with van der Waals surface area (Å²) in [7, 11) is -3.46. The quantitative estimate of drug-likeness (QED) is 0.832. The van der Waals surface area contributed by atoms with Crippen molar-refractivity contribution < 1.29 is 13.2 Å². The minimum absolute atomic E-state index is 0.0370. The van der Waals surface area contributed by atoms with Gasteiger partial charge in [0, 0.05) is 30.2 Å². The number of sulfonamides is 1. The zero-order chi connectivity index (χ0) is 17.2. The molecule has 130 valence electrons. The van der Waals surface area contributed by atoms with E-state index in [4.69, 9.17) is 0 Å². The molecule has 1 aromatic carbocycles. The lowest BCUT2D eigenvalue weighted by Gasteiger charge is -2.23. The Morgan fingerprint density at radius 1 is 1.29 bits per heavy atom. The lowest BCUT2D eigenvalue weighted by atomic mass is 10.0. The molecule has 1 amide bonds. The third-order valence-corrected chi connectivity index (χ3v) is 5.92. The van der Waals surface area contributed by atoms with E-state index in [0.717, 1.165) is 29.3 Å². The van der Waals surface area contributed by atoms with E-state index < -0.39 is 16.1 Å². The molecule has 1 fully saturated rings. The number of amides is 1. The van der Waals surface area contributed by atoms with E-state index in [-0.39, 0.29) is 11.7 Å². The maximum absolute atomic E-state index is 12.8. The van der Waals surface area contributed by atoms with Crippen molar-refractivity contribution in [1.29, 1.82) is 0 Å². The van der Waals surface area contributed by atoms with E-state index in [2.05, 4.69) is 9.71 Å². The van der Waals surface area contributed by atoms with Crippen LogP contribution in [-0.2, 0) is 21.2 Å². The molecule has 1 saturated heterocycles. The normalized spacial score (nSPS) is 16.6. The maximum atomic E-state index is 12.8. The Labute approximate surface area is 142 Å². The molecule has 1 atom stereocenters. The molecule has 7 heteroatoms. The fourth-order valence-electron chi connectivity index (χ4n) is 3.16. The second-order valence-electron chi connectivity index (χ2n) is 6.17. The number of carbonyl (C=O) groups excluding carboxylic acids is 1. The molecule has 1 aliphatic heterocycles. The van der Waals surface area contributed by atoms with Crippen LogP contribution >= 0.6 is 0 Å². The highest BCUT2D eigenvalue weighted by molar-refractivity contribution is 7.89. The number of H-pyrrole nitrogens is 1. The van der Waals surface area contributed by atoms with Crippen LogP contribution < -0.4 is 4.72 Å². The number of rotatable bonds is 6. The largest absolute Gasteiger partial charge is 0.361 e. The van der Waals surface area contributed by atoms with Crippen LogP contribution in [0.3, 0.4) is 0 Å². The molecule has 24 heavy (non-hydrogen) atoms. The first-order valence-electron chi connectivity index (χ1n) is 8.34. The topological polar surface area (TPSA) is 82.3 Å². The van der Waals surface area contributed by atoms with Gasteiger partial charge in [0.05, 0.1) is 5.75 Å². The summed E-state index contributed by atoms with van der Waals surface area (Å²) in [6, 6.07) is 7.06. The standard InChI is InChI=1S/C17H23N3O3S/c1-2-24(22,23)19-16(17(21)20-9-5-6-10-20)11-13-12-18-15-8-4-3-7-14(13)15/h3-4,7-8,12,16,18-19H,2,5-6,9-11H2,1H3/t16-/m0/s1. The predicted octanol–water partition coefficient (Wildman–Crippen LogP) is 1.64. The summed E-state index contributed by atoms with van der Waals surface area (Å²) in [5.74, 6) is -0.167. The van der Waals surface area contributed by atoms with Crippen molar-refractivity contribution in [2.75, 3.05) is 18.8 Å². The molecule has 0 aliphatic carbocycles. The van der Waals surface area contributed by atoms with Gasteiger partial charge in [0.25, 0.3) is 0 Å². The highest BCUT2D eigenvalue weighted by atomic mass is 32.2. The van der Waals surface area contributed by atoms with Gasteiger partial charge in [-0.1, -0.05) is 18.2 Å². The Bertz CT molecular complexity index is 822. The summed E-state index contributed by atoms with van der Waals surface area (Å²) < 4.78 is 26.7. The monoisotopic (exact) mass is 349 g/mol. The van der Waals surface area contributed by atoms with E-state index in [9.17, 15) is 13.2 Å². The predicted molar refractivity (Wildman–Crippen MR) is 94.2 cm³/mol. The molecule has 3 rings (SSSR count). The van der Waals surface area contributed by atoms with Gasteiger partial charge in [-0.25, -0.2) is 13.1 Å². The molecule has 2 N–H and O–H groups in total. The Morgan fingerprint density at radius 3 is 2.71 bits per heavy atom. The van der Waals surface area contributed by atoms with E-state index in [1.807, 2.05) is 30.5 Å². The Kier molecular flexibility index (Phi) is 4.91. The Balaban J connectivity index is 1.87. The zero-order valence-corrected chi connectivity index (χ0v) is 14.6. The number of hydrogen-bond acceptors (Lipinski definition) is 3. The molecule has 1 aliphatic rings. The molecule has 2 heterocycles. The summed E-state index contributed by atoms with van der Waals surface area (Å²) in [6.07, 6.45) is 4.16. The number of nitrogens with one attached hydrogen (secondary N) is 2. The number of aromatic amines is 1. The number of hydrogen-bond donors (Lipinski definition) is 2. The van der Waals surface area contributed by atoms with Gasteiger partial charge in [0.15, 0.2) is 0 Å².